The minimum absolute atomic E-state index is 0.190. The van der Waals surface area contributed by atoms with Crippen LogP contribution in [0.2, 0.25) is 0 Å². The number of methoxy groups -OCH3 is 1. The Morgan fingerprint density at radius 3 is 2.09 bits per heavy atom. The third kappa shape index (κ3) is 4.28. The number of ether oxygens (including phenoxy) is 1. The van der Waals surface area contributed by atoms with Gasteiger partial charge in [0.25, 0.3) is 11.8 Å². The predicted molar refractivity (Wildman–Crippen MR) is 126 cm³/mol. The fourth-order valence-electron chi connectivity index (χ4n) is 3.72. The van der Waals surface area contributed by atoms with Crippen molar-refractivity contribution in [2.45, 2.75) is 26.3 Å². The normalized spacial score (nSPS) is 13.8. The molecule has 162 valence electrons. The number of hydrogen-bond acceptors (Lipinski definition) is 4. The molecule has 0 bridgehead atoms. The lowest BCUT2D eigenvalue weighted by Gasteiger charge is -2.16. The van der Waals surface area contributed by atoms with Gasteiger partial charge in [-0.3, -0.25) is 14.5 Å². The summed E-state index contributed by atoms with van der Waals surface area (Å²) >= 11 is 0. The van der Waals surface area contributed by atoms with Gasteiger partial charge in [0.15, 0.2) is 0 Å². The van der Waals surface area contributed by atoms with E-state index in [1.807, 2.05) is 78.9 Å². The van der Waals surface area contributed by atoms with Crippen molar-refractivity contribution in [3.05, 3.63) is 101 Å². The molecular weight excluding hydrogens is 400 g/mol. The van der Waals surface area contributed by atoms with Crippen molar-refractivity contribution in [2.24, 2.45) is 0 Å². The van der Waals surface area contributed by atoms with Gasteiger partial charge in [-0.05, 0) is 46.9 Å². The number of rotatable bonds is 7. The van der Waals surface area contributed by atoms with Gasteiger partial charge < -0.3 is 10.1 Å². The van der Waals surface area contributed by atoms with Crippen LogP contribution in [0.15, 0.2) is 84.6 Å². The quantitative estimate of drug-likeness (QED) is 0.527. The fourth-order valence-corrected chi connectivity index (χ4v) is 3.72. The van der Waals surface area contributed by atoms with Gasteiger partial charge in [0, 0.05) is 5.69 Å². The standard InChI is InChI=1S/C27H26N2O3/c1-18(2)20-11-13-22(14-12-20)28-25-24(21-7-5-4-6-8-21)26(30)29(27(25)31)17-19-9-15-23(32-3)16-10-19/h4-16,18,28H,17H2,1-3H3. The number of hydrogen-bond donors (Lipinski definition) is 1. The maximum absolute atomic E-state index is 13.4. The molecule has 0 saturated carbocycles. The smallest absolute Gasteiger partial charge is 0.278 e. The van der Waals surface area contributed by atoms with E-state index in [0.29, 0.717) is 22.8 Å². The number of carbonyl (C=O) groups is 2. The van der Waals surface area contributed by atoms with E-state index in [4.69, 9.17) is 4.74 Å². The van der Waals surface area contributed by atoms with Gasteiger partial charge in [0.1, 0.15) is 11.4 Å². The number of nitrogens with one attached hydrogen (secondary N) is 1. The molecule has 5 heteroatoms. The molecule has 0 unspecified atom stereocenters. The maximum atomic E-state index is 13.4. The Hall–Kier alpha value is -3.86. The summed E-state index contributed by atoms with van der Waals surface area (Å²) in [6.45, 7) is 4.46. The monoisotopic (exact) mass is 426 g/mol. The highest BCUT2D eigenvalue weighted by Gasteiger charge is 2.39. The second-order valence-electron chi connectivity index (χ2n) is 8.06. The van der Waals surface area contributed by atoms with Crippen molar-refractivity contribution in [3.8, 4) is 5.75 Å². The molecule has 2 amide bonds. The van der Waals surface area contributed by atoms with Gasteiger partial charge in [-0.25, -0.2) is 0 Å². The second-order valence-corrected chi connectivity index (χ2v) is 8.06. The Morgan fingerprint density at radius 2 is 1.50 bits per heavy atom. The van der Waals surface area contributed by atoms with Crippen LogP contribution < -0.4 is 10.1 Å². The van der Waals surface area contributed by atoms with Crippen LogP contribution in [-0.4, -0.2) is 23.8 Å². The van der Waals surface area contributed by atoms with Gasteiger partial charge in [-0.15, -0.1) is 0 Å². The highest BCUT2D eigenvalue weighted by molar-refractivity contribution is 6.36. The third-order valence-corrected chi connectivity index (χ3v) is 5.58. The van der Waals surface area contributed by atoms with E-state index >= 15 is 0 Å². The number of nitrogens with zero attached hydrogens (tertiary/aromatic N) is 1. The molecule has 0 aromatic heterocycles. The Bertz CT molecular complexity index is 1150. The average molecular weight is 427 g/mol. The molecule has 0 fully saturated rings. The number of carbonyl (C=O) groups excluding carboxylic acids is 2. The predicted octanol–water partition coefficient (Wildman–Crippen LogP) is 5.21. The largest absolute Gasteiger partial charge is 0.497 e. The van der Waals surface area contributed by atoms with E-state index < -0.39 is 0 Å². The van der Waals surface area contributed by atoms with E-state index in [-0.39, 0.29) is 18.4 Å². The molecule has 32 heavy (non-hydrogen) atoms. The first-order chi connectivity index (χ1) is 15.5. The zero-order valence-electron chi connectivity index (χ0n) is 18.5. The summed E-state index contributed by atoms with van der Waals surface area (Å²) in [5.74, 6) is 0.497. The molecule has 4 rings (SSSR count). The summed E-state index contributed by atoms with van der Waals surface area (Å²) in [7, 11) is 1.60. The lowest BCUT2D eigenvalue weighted by molar-refractivity contribution is -0.137. The molecule has 0 spiro atoms. The van der Waals surface area contributed by atoms with Gasteiger partial charge in [-0.2, -0.15) is 0 Å². The number of imide groups is 1. The highest BCUT2D eigenvalue weighted by Crippen LogP contribution is 2.32. The molecule has 0 saturated heterocycles. The fraction of sp³-hybridized carbons (Fsp3) is 0.185. The summed E-state index contributed by atoms with van der Waals surface area (Å²) in [5.41, 5.74) is 4.23. The first-order valence-corrected chi connectivity index (χ1v) is 10.6. The van der Waals surface area contributed by atoms with Crippen LogP contribution >= 0.6 is 0 Å². The Kier molecular flexibility index (Phi) is 6.08. The molecule has 1 aliphatic rings. The summed E-state index contributed by atoms with van der Waals surface area (Å²) in [6.07, 6.45) is 0. The van der Waals surface area contributed by atoms with Crippen LogP contribution in [0.3, 0.4) is 0 Å². The van der Waals surface area contributed by atoms with Crippen molar-refractivity contribution in [2.75, 3.05) is 12.4 Å². The van der Waals surface area contributed by atoms with Crippen LogP contribution in [0.5, 0.6) is 5.75 Å². The number of benzene rings is 3. The summed E-state index contributed by atoms with van der Waals surface area (Å²) in [6, 6.07) is 24.6. The minimum atomic E-state index is -0.336. The molecule has 0 atom stereocenters. The van der Waals surface area contributed by atoms with Crippen molar-refractivity contribution < 1.29 is 14.3 Å². The first kappa shape index (κ1) is 21.4. The second kappa shape index (κ2) is 9.10. The molecular formula is C27H26N2O3. The Morgan fingerprint density at radius 1 is 0.844 bits per heavy atom. The molecule has 5 nitrogen and oxygen atoms in total. The molecule has 0 aliphatic carbocycles. The van der Waals surface area contributed by atoms with E-state index in [2.05, 4.69) is 19.2 Å². The minimum Gasteiger partial charge on any atom is -0.497 e. The van der Waals surface area contributed by atoms with Crippen molar-refractivity contribution in [1.29, 1.82) is 0 Å². The first-order valence-electron chi connectivity index (χ1n) is 10.6. The van der Waals surface area contributed by atoms with E-state index in [1.165, 1.54) is 10.5 Å². The summed E-state index contributed by atoms with van der Waals surface area (Å²) < 4.78 is 5.20. The van der Waals surface area contributed by atoms with Crippen molar-refractivity contribution in [3.63, 3.8) is 0 Å². The Balaban J connectivity index is 1.67. The third-order valence-electron chi connectivity index (χ3n) is 5.58. The molecule has 1 aliphatic heterocycles. The van der Waals surface area contributed by atoms with Crippen LogP contribution in [0, 0.1) is 0 Å². The molecule has 3 aromatic carbocycles. The van der Waals surface area contributed by atoms with Gasteiger partial charge in [-0.1, -0.05) is 68.4 Å². The average Bonchev–Trinajstić information content (AvgIpc) is 3.04. The lowest BCUT2D eigenvalue weighted by atomic mass is 10.0. The molecule has 0 radical (unpaired) electrons. The van der Waals surface area contributed by atoms with Crippen LogP contribution in [0.25, 0.3) is 5.57 Å². The molecule has 1 heterocycles. The number of amides is 2. The zero-order chi connectivity index (χ0) is 22.7. The zero-order valence-corrected chi connectivity index (χ0v) is 18.5. The van der Waals surface area contributed by atoms with E-state index in [1.54, 1.807) is 7.11 Å². The summed E-state index contributed by atoms with van der Waals surface area (Å²) in [5, 5.41) is 3.22. The molecule has 3 aromatic rings. The van der Waals surface area contributed by atoms with Gasteiger partial charge in [0.2, 0.25) is 0 Å². The van der Waals surface area contributed by atoms with E-state index in [9.17, 15) is 9.59 Å². The SMILES string of the molecule is COc1ccc(CN2C(=O)C(Nc3ccc(C(C)C)cc3)=C(c3ccccc3)C2=O)cc1. The number of anilines is 1. The van der Waals surface area contributed by atoms with Crippen LogP contribution in [-0.2, 0) is 16.1 Å². The van der Waals surface area contributed by atoms with E-state index in [0.717, 1.165) is 17.0 Å². The van der Waals surface area contributed by atoms with Crippen LogP contribution in [0.4, 0.5) is 5.69 Å². The van der Waals surface area contributed by atoms with Gasteiger partial charge in [0.05, 0.1) is 19.2 Å². The maximum Gasteiger partial charge on any atom is 0.278 e. The Labute approximate surface area is 188 Å². The highest BCUT2D eigenvalue weighted by atomic mass is 16.5. The van der Waals surface area contributed by atoms with Gasteiger partial charge >= 0.3 is 0 Å². The van der Waals surface area contributed by atoms with Crippen LogP contribution in [0.1, 0.15) is 36.5 Å². The summed E-state index contributed by atoms with van der Waals surface area (Å²) in [4.78, 5) is 28.0. The molecule has 1 N–H and O–H groups in total. The van der Waals surface area contributed by atoms with Crippen molar-refractivity contribution >= 4 is 23.1 Å². The topological polar surface area (TPSA) is 58.6 Å². The van der Waals surface area contributed by atoms with Crippen molar-refractivity contribution in [1.82, 2.24) is 4.90 Å². The lowest BCUT2D eigenvalue weighted by Crippen LogP contribution is -2.32.